The standard InChI is InChI=1S/C14H19F2NO3/c1-3-7-17-13(14(18)19-2)6-8-20-10-4-5-11(15)12(16)9-10/h4-5,9,13,17H,3,6-8H2,1-2H3. The van der Waals surface area contributed by atoms with Crippen molar-refractivity contribution in [1.29, 1.82) is 0 Å². The number of hydrogen-bond donors (Lipinski definition) is 1. The number of carbonyl (C=O) groups excluding carboxylic acids is 1. The molecule has 4 nitrogen and oxygen atoms in total. The topological polar surface area (TPSA) is 47.6 Å². The Labute approximate surface area is 117 Å². The Morgan fingerprint density at radius 3 is 2.70 bits per heavy atom. The van der Waals surface area contributed by atoms with Gasteiger partial charge in [0.25, 0.3) is 0 Å². The van der Waals surface area contributed by atoms with Crippen LogP contribution in [0.2, 0.25) is 0 Å². The van der Waals surface area contributed by atoms with Crippen molar-refractivity contribution in [3.63, 3.8) is 0 Å². The predicted octanol–water partition coefficient (Wildman–Crippen LogP) is 2.27. The van der Waals surface area contributed by atoms with Gasteiger partial charge in [-0.3, -0.25) is 4.79 Å². The van der Waals surface area contributed by atoms with Crippen LogP contribution < -0.4 is 10.1 Å². The summed E-state index contributed by atoms with van der Waals surface area (Å²) < 4.78 is 35.7. The molecule has 0 bridgehead atoms. The Morgan fingerprint density at radius 1 is 1.35 bits per heavy atom. The maximum Gasteiger partial charge on any atom is 0.322 e. The highest BCUT2D eigenvalue weighted by Gasteiger charge is 2.18. The molecule has 1 aromatic rings. The lowest BCUT2D eigenvalue weighted by Gasteiger charge is -2.16. The lowest BCUT2D eigenvalue weighted by molar-refractivity contribution is -0.143. The van der Waals surface area contributed by atoms with E-state index in [0.717, 1.165) is 18.6 Å². The highest BCUT2D eigenvalue weighted by Crippen LogP contribution is 2.15. The molecule has 0 aliphatic heterocycles. The maximum absolute atomic E-state index is 13.0. The minimum Gasteiger partial charge on any atom is -0.493 e. The molecule has 0 amide bonds. The Morgan fingerprint density at radius 2 is 2.10 bits per heavy atom. The average Bonchev–Trinajstić information content (AvgIpc) is 2.45. The molecule has 1 unspecified atom stereocenters. The number of nitrogens with one attached hydrogen (secondary N) is 1. The minimum absolute atomic E-state index is 0.196. The molecule has 1 N–H and O–H groups in total. The van der Waals surface area contributed by atoms with Crippen molar-refractivity contribution in [2.24, 2.45) is 0 Å². The largest absolute Gasteiger partial charge is 0.493 e. The zero-order valence-corrected chi connectivity index (χ0v) is 11.6. The van der Waals surface area contributed by atoms with E-state index in [1.54, 1.807) is 0 Å². The second-order valence-corrected chi connectivity index (χ2v) is 4.24. The van der Waals surface area contributed by atoms with E-state index in [2.05, 4.69) is 10.1 Å². The van der Waals surface area contributed by atoms with Crippen molar-refractivity contribution in [3.05, 3.63) is 29.8 Å². The molecule has 1 rings (SSSR count). The number of halogens is 2. The van der Waals surface area contributed by atoms with Gasteiger partial charge in [0.1, 0.15) is 11.8 Å². The highest BCUT2D eigenvalue weighted by molar-refractivity contribution is 5.75. The summed E-state index contributed by atoms with van der Waals surface area (Å²) in [7, 11) is 1.32. The molecule has 0 radical (unpaired) electrons. The Balaban J connectivity index is 2.46. The van der Waals surface area contributed by atoms with Crippen molar-refractivity contribution < 1.29 is 23.0 Å². The third kappa shape index (κ3) is 5.13. The molecule has 0 heterocycles. The molecule has 0 saturated heterocycles. The number of ether oxygens (including phenoxy) is 2. The van der Waals surface area contributed by atoms with E-state index >= 15 is 0 Å². The van der Waals surface area contributed by atoms with Gasteiger partial charge in [-0.25, -0.2) is 8.78 Å². The molecule has 1 aromatic carbocycles. The van der Waals surface area contributed by atoms with Crippen LogP contribution in [0, 0.1) is 11.6 Å². The quantitative estimate of drug-likeness (QED) is 0.745. The third-order valence-corrected chi connectivity index (χ3v) is 2.69. The van der Waals surface area contributed by atoms with Crippen molar-refractivity contribution >= 4 is 5.97 Å². The molecule has 0 aromatic heterocycles. The van der Waals surface area contributed by atoms with E-state index in [4.69, 9.17) is 4.74 Å². The smallest absolute Gasteiger partial charge is 0.322 e. The van der Waals surface area contributed by atoms with Gasteiger partial charge in [-0.1, -0.05) is 6.92 Å². The van der Waals surface area contributed by atoms with Crippen LogP contribution in [-0.4, -0.2) is 32.3 Å². The fourth-order valence-electron chi connectivity index (χ4n) is 1.63. The zero-order valence-electron chi connectivity index (χ0n) is 11.6. The van der Waals surface area contributed by atoms with E-state index in [-0.39, 0.29) is 18.3 Å². The number of methoxy groups -OCH3 is 1. The first-order valence-electron chi connectivity index (χ1n) is 6.47. The second kappa shape index (κ2) is 8.47. The normalized spacial score (nSPS) is 12.0. The minimum atomic E-state index is -0.962. The summed E-state index contributed by atoms with van der Waals surface area (Å²) >= 11 is 0. The first-order valence-corrected chi connectivity index (χ1v) is 6.47. The number of rotatable bonds is 8. The van der Waals surface area contributed by atoms with Gasteiger partial charge in [-0.05, 0) is 25.1 Å². The molecule has 0 saturated carbocycles. The van der Waals surface area contributed by atoms with Gasteiger partial charge in [-0.15, -0.1) is 0 Å². The lowest BCUT2D eigenvalue weighted by atomic mass is 10.2. The number of benzene rings is 1. The summed E-state index contributed by atoms with van der Waals surface area (Å²) in [5, 5.41) is 3.04. The SMILES string of the molecule is CCCNC(CCOc1ccc(F)c(F)c1)C(=O)OC. The number of esters is 1. The van der Waals surface area contributed by atoms with E-state index in [0.29, 0.717) is 13.0 Å². The molecule has 0 aliphatic carbocycles. The van der Waals surface area contributed by atoms with Gasteiger partial charge in [0.05, 0.1) is 13.7 Å². The monoisotopic (exact) mass is 287 g/mol. The van der Waals surface area contributed by atoms with Gasteiger partial charge in [0.15, 0.2) is 11.6 Å². The maximum atomic E-state index is 13.0. The summed E-state index contributed by atoms with van der Waals surface area (Å²) in [6.45, 7) is 2.87. The Hall–Kier alpha value is -1.69. The highest BCUT2D eigenvalue weighted by atomic mass is 19.2. The molecule has 0 fully saturated rings. The van der Waals surface area contributed by atoms with Gasteiger partial charge in [0, 0.05) is 12.5 Å². The summed E-state index contributed by atoms with van der Waals surface area (Å²) in [4.78, 5) is 11.5. The van der Waals surface area contributed by atoms with E-state index in [1.165, 1.54) is 13.2 Å². The molecular weight excluding hydrogens is 268 g/mol. The van der Waals surface area contributed by atoms with E-state index in [1.807, 2.05) is 6.92 Å². The predicted molar refractivity (Wildman–Crippen MR) is 70.6 cm³/mol. The number of carbonyl (C=O) groups is 1. The van der Waals surface area contributed by atoms with Crippen molar-refractivity contribution in [2.45, 2.75) is 25.8 Å². The molecule has 0 spiro atoms. The summed E-state index contributed by atoms with van der Waals surface area (Å²) in [6.07, 6.45) is 1.27. The van der Waals surface area contributed by atoms with Crippen molar-refractivity contribution in [1.82, 2.24) is 5.32 Å². The first-order chi connectivity index (χ1) is 9.58. The first kappa shape index (κ1) is 16.4. The molecule has 0 aliphatic rings. The Kier molecular flexibility index (Phi) is 6.93. The van der Waals surface area contributed by atoms with Crippen molar-refractivity contribution in [2.75, 3.05) is 20.3 Å². The second-order valence-electron chi connectivity index (χ2n) is 4.24. The van der Waals surface area contributed by atoms with Crippen LogP contribution in [0.25, 0.3) is 0 Å². The molecule has 6 heteroatoms. The van der Waals surface area contributed by atoms with Crippen LogP contribution in [0.5, 0.6) is 5.75 Å². The van der Waals surface area contributed by atoms with Crippen LogP contribution in [0.1, 0.15) is 19.8 Å². The average molecular weight is 287 g/mol. The van der Waals surface area contributed by atoms with Crippen molar-refractivity contribution in [3.8, 4) is 5.75 Å². The van der Waals surface area contributed by atoms with Gasteiger partial charge in [0.2, 0.25) is 0 Å². The van der Waals surface area contributed by atoms with Crippen LogP contribution in [0.15, 0.2) is 18.2 Å². The Bertz CT molecular complexity index is 440. The fourth-order valence-corrected chi connectivity index (χ4v) is 1.63. The van der Waals surface area contributed by atoms with Gasteiger partial charge < -0.3 is 14.8 Å². The lowest BCUT2D eigenvalue weighted by Crippen LogP contribution is -2.39. The zero-order chi connectivity index (χ0) is 15.0. The van der Waals surface area contributed by atoms with Crippen LogP contribution in [-0.2, 0) is 9.53 Å². The summed E-state index contributed by atoms with van der Waals surface area (Å²) in [5.41, 5.74) is 0. The van der Waals surface area contributed by atoms with Gasteiger partial charge in [-0.2, -0.15) is 0 Å². The van der Waals surface area contributed by atoms with Crippen LogP contribution >= 0.6 is 0 Å². The van der Waals surface area contributed by atoms with Gasteiger partial charge >= 0.3 is 5.97 Å². The fraction of sp³-hybridized carbons (Fsp3) is 0.500. The summed E-state index contributed by atoms with van der Waals surface area (Å²) in [5.74, 6) is -2.03. The van der Waals surface area contributed by atoms with Crippen LogP contribution in [0.3, 0.4) is 0 Å². The number of hydrogen-bond acceptors (Lipinski definition) is 4. The van der Waals surface area contributed by atoms with E-state index < -0.39 is 17.7 Å². The third-order valence-electron chi connectivity index (χ3n) is 2.69. The molecule has 112 valence electrons. The van der Waals surface area contributed by atoms with E-state index in [9.17, 15) is 13.6 Å². The summed E-state index contributed by atoms with van der Waals surface area (Å²) in [6, 6.07) is 2.84. The molecule has 20 heavy (non-hydrogen) atoms. The molecule has 1 atom stereocenters. The van der Waals surface area contributed by atoms with Crippen LogP contribution in [0.4, 0.5) is 8.78 Å². The molecular formula is C14H19F2NO3.